The van der Waals surface area contributed by atoms with E-state index in [0.29, 0.717) is 12.0 Å². The van der Waals surface area contributed by atoms with Gasteiger partial charge < -0.3 is 0 Å². The van der Waals surface area contributed by atoms with Gasteiger partial charge in [-0.15, -0.1) is 0 Å². The molecule has 1 atom stereocenters. The van der Waals surface area contributed by atoms with Crippen molar-refractivity contribution in [2.45, 2.75) is 19.4 Å². The summed E-state index contributed by atoms with van der Waals surface area (Å²) in [5, 5.41) is 0. The molecule has 0 aliphatic heterocycles. The van der Waals surface area contributed by atoms with E-state index in [1.807, 2.05) is 6.92 Å². The van der Waals surface area contributed by atoms with Crippen LogP contribution in [0.15, 0.2) is 35.1 Å². The number of benzene rings is 1. The third-order valence-corrected chi connectivity index (χ3v) is 3.78. The van der Waals surface area contributed by atoms with Gasteiger partial charge in [0.15, 0.2) is 0 Å². The molecule has 0 saturated heterocycles. The fourth-order valence-electron chi connectivity index (χ4n) is 2.15. The fourth-order valence-corrected chi connectivity index (χ4v) is 2.50. The first-order valence-corrected chi connectivity index (χ1v) is 6.91. The SMILES string of the molecule is CCc1cnccc1C(NN)c1c(F)ccc(Br)c1F. The molecule has 1 unspecified atom stereocenters. The summed E-state index contributed by atoms with van der Waals surface area (Å²) in [6, 6.07) is 3.48. The summed E-state index contributed by atoms with van der Waals surface area (Å²) in [7, 11) is 0. The van der Waals surface area contributed by atoms with Gasteiger partial charge in [-0.1, -0.05) is 6.92 Å². The zero-order chi connectivity index (χ0) is 14.7. The van der Waals surface area contributed by atoms with Gasteiger partial charge in [0, 0.05) is 18.0 Å². The third kappa shape index (κ3) is 2.72. The van der Waals surface area contributed by atoms with Gasteiger partial charge >= 0.3 is 0 Å². The lowest BCUT2D eigenvalue weighted by Gasteiger charge is -2.21. The van der Waals surface area contributed by atoms with Crippen LogP contribution < -0.4 is 11.3 Å². The van der Waals surface area contributed by atoms with Crippen molar-refractivity contribution < 1.29 is 8.78 Å². The average molecular weight is 342 g/mol. The average Bonchev–Trinajstić information content (AvgIpc) is 2.47. The van der Waals surface area contributed by atoms with Crippen molar-refractivity contribution in [2.75, 3.05) is 0 Å². The molecule has 3 N–H and O–H groups in total. The summed E-state index contributed by atoms with van der Waals surface area (Å²) in [5.74, 6) is 4.22. The van der Waals surface area contributed by atoms with Gasteiger partial charge in [0.05, 0.1) is 10.5 Å². The Balaban J connectivity index is 2.62. The van der Waals surface area contributed by atoms with Crippen LogP contribution in [0.3, 0.4) is 0 Å². The molecule has 1 aromatic carbocycles. The molecule has 0 fully saturated rings. The number of hydrazine groups is 1. The lowest BCUT2D eigenvalue weighted by atomic mass is 9.94. The molecule has 0 radical (unpaired) electrons. The highest BCUT2D eigenvalue weighted by Gasteiger charge is 2.24. The zero-order valence-corrected chi connectivity index (χ0v) is 12.4. The van der Waals surface area contributed by atoms with Crippen LogP contribution >= 0.6 is 15.9 Å². The number of halogens is 3. The van der Waals surface area contributed by atoms with Crippen molar-refractivity contribution in [1.82, 2.24) is 10.4 Å². The number of pyridine rings is 1. The van der Waals surface area contributed by atoms with E-state index in [0.717, 1.165) is 5.56 Å². The minimum absolute atomic E-state index is 0.109. The van der Waals surface area contributed by atoms with E-state index in [2.05, 4.69) is 26.3 Å². The van der Waals surface area contributed by atoms with E-state index >= 15 is 0 Å². The van der Waals surface area contributed by atoms with Crippen molar-refractivity contribution in [2.24, 2.45) is 5.84 Å². The van der Waals surface area contributed by atoms with Crippen molar-refractivity contribution in [3.63, 3.8) is 0 Å². The van der Waals surface area contributed by atoms with E-state index < -0.39 is 17.7 Å². The molecule has 1 heterocycles. The number of hydrogen-bond acceptors (Lipinski definition) is 3. The number of rotatable bonds is 4. The summed E-state index contributed by atoms with van der Waals surface area (Å²) in [6.07, 6.45) is 3.94. The highest BCUT2D eigenvalue weighted by Crippen LogP contribution is 2.31. The maximum Gasteiger partial charge on any atom is 0.145 e. The fraction of sp³-hybridized carbons (Fsp3) is 0.214. The van der Waals surface area contributed by atoms with E-state index in [9.17, 15) is 8.78 Å². The second-order valence-corrected chi connectivity index (χ2v) is 5.14. The second kappa shape index (κ2) is 6.39. The number of nitrogens with two attached hydrogens (primary N) is 1. The standard InChI is InChI=1S/C14H14BrF2N3/c1-2-8-7-19-6-5-9(8)14(20-18)12-11(16)4-3-10(15)13(12)17/h3-7,14,20H,2,18H2,1H3. The first kappa shape index (κ1) is 15.0. The van der Waals surface area contributed by atoms with Crippen LogP contribution in [0.1, 0.15) is 29.7 Å². The zero-order valence-electron chi connectivity index (χ0n) is 10.8. The maximum atomic E-state index is 14.2. The minimum Gasteiger partial charge on any atom is -0.271 e. The second-order valence-electron chi connectivity index (χ2n) is 4.28. The molecular weight excluding hydrogens is 328 g/mol. The molecule has 2 aromatic rings. The van der Waals surface area contributed by atoms with Crippen LogP contribution in [-0.4, -0.2) is 4.98 Å². The van der Waals surface area contributed by atoms with Gasteiger partial charge in [-0.25, -0.2) is 14.2 Å². The number of aryl methyl sites for hydroxylation is 1. The molecule has 3 nitrogen and oxygen atoms in total. The van der Waals surface area contributed by atoms with Gasteiger partial charge in [0.1, 0.15) is 11.6 Å². The van der Waals surface area contributed by atoms with Crippen molar-refractivity contribution in [3.8, 4) is 0 Å². The van der Waals surface area contributed by atoms with Gasteiger partial charge in [-0.05, 0) is 51.7 Å². The first-order chi connectivity index (χ1) is 9.60. The first-order valence-electron chi connectivity index (χ1n) is 6.12. The van der Waals surface area contributed by atoms with Crippen LogP contribution in [-0.2, 0) is 6.42 Å². The van der Waals surface area contributed by atoms with E-state index in [1.54, 1.807) is 18.5 Å². The summed E-state index contributed by atoms with van der Waals surface area (Å²) in [4.78, 5) is 4.02. The number of hydrogen-bond donors (Lipinski definition) is 2. The van der Waals surface area contributed by atoms with Crippen molar-refractivity contribution in [3.05, 3.63) is 63.4 Å². The summed E-state index contributed by atoms with van der Waals surface area (Å²) in [6.45, 7) is 1.95. The van der Waals surface area contributed by atoms with Crippen LogP contribution in [0, 0.1) is 11.6 Å². The van der Waals surface area contributed by atoms with E-state index in [4.69, 9.17) is 5.84 Å². The molecule has 1 aromatic heterocycles. The molecule has 2 rings (SSSR count). The third-order valence-electron chi connectivity index (χ3n) is 3.17. The number of aromatic nitrogens is 1. The molecule has 0 spiro atoms. The normalized spacial score (nSPS) is 12.4. The monoisotopic (exact) mass is 341 g/mol. The molecule has 0 saturated carbocycles. The minimum atomic E-state index is -0.773. The largest absolute Gasteiger partial charge is 0.271 e. The smallest absolute Gasteiger partial charge is 0.145 e. The van der Waals surface area contributed by atoms with Crippen LogP contribution in [0.2, 0.25) is 0 Å². The molecule has 0 bridgehead atoms. The Morgan fingerprint density at radius 1 is 1.35 bits per heavy atom. The van der Waals surface area contributed by atoms with Crippen molar-refractivity contribution >= 4 is 15.9 Å². The highest BCUT2D eigenvalue weighted by molar-refractivity contribution is 9.10. The van der Waals surface area contributed by atoms with Crippen LogP contribution in [0.5, 0.6) is 0 Å². The summed E-state index contributed by atoms with van der Waals surface area (Å²) < 4.78 is 28.4. The number of nitrogens with one attached hydrogen (secondary N) is 1. The summed E-state index contributed by atoms with van der Waals surface area (Å²) >= 11 is 3.06. The molecule has 0 aliphatic carbocycles. The Morgan fingerprint density at radius 3 is 2.75 bits per heavy atom. The predicted octanol–water partition coefficient (Wildman–Crippen LogP) is 3.24. The Kier molecular flexibility index (Phi) is 4.80. The van der Waals surface area contributed by atoms with Gasteiger partial charge in [0.25, 0.3) is 0 Å². The molecule has 6 heteroatoms. The highest BCUT2D eigenvalue weighted by atomic mass is 79.9. The van der Waals surface area contributed by atoms with E-state index in [-0.39, 0.29) is 10.0 Å². The molecule has 20 heavy (non-hydrogen) atoms. The predicted molar refractivity (Wildman–Crippen MR) is 76.8 cm³/mol. The van der Waals surface area contributed by atoms with E-state index in [1.165, 1.54) is 12.1 Å². The summed E-state index contributed by atoms with van der Waals surface area (Å²) in [5.41, 5.74) is 3.97. The Bertz CT molecular complexity index is 619. The Labute approximate surface area is 124 Å². The topological polar surface area (TPSA) is 50.9 Å². The van der Waals surface area contributed by atoms with Gasteiger partial charge in [-0.2, -0.15) is 0 Å². The molecule has 106 valence electrons. The number of nitrogens with zero attached hydrogens (tertiary/aromatic N) is 1. The quantitative estimate of drug-likeness (QED) is 0.510. The molecular formula is C14H14BrF2N3. The maximum absolute atomic E-state index is 14.2. The van der Waals surface area contributed by atoms with Crippen molar-refractivity contribution in [1.29, 1.82) is 0 Å². The molecule has 0 amide bonds. The van der Waals surface area contributed by atoms with Gasteiger partial charge in [-0.3, -0.25) is 10.8 Å². The lowest BCUT2D eigenvalue weighted by molar-refractivity contribution is 0.506. The van der Waals surface area contributed by atoms with Gasteiger partial charge in [0.2, 0.25) is 0 Å². The Hall–Kier alpha value is -1.37. The van der Waals surface area contributed by atoms with Crippen LogP contribution in [0.4, 0.5) is 8.78 Å². The molecule has 0 aliphatic rings. The lowest BCUT2D eigenvalue weighted by Crippen LogP contribution is -2.31. The van der Waals surface area contributed by atoms with Crippen LogP contribution in [0.25, 0.3) is 0 Å². The Morgan fingerprint density at radius 2 is 2.10 bits per heavy atom.